The van der Waals surface area contributed by atoms with E-state index in [0.29, 0.717) is 5.56 Å². The van der Waals surface area contributed by atoms with E-state index in [1.165, 1.54) is 0 Å². The summed E-state index contributed by atoms with van der Waals surface area (Å²) >= 11 is 0. The largest absolute Gasteiger partial charge is 0.378 e. The zero-order chi connectivity index (χ0) is 13.1. The third-order valence-electron chi connectivity index (χ3n) is 3.35. The third kappa shape index (κ3) is 2.33. The average molecular weight is 253 g/mol. The summed E-state index contributed by atoms with van der Waals surface area (Å²) in [5.41, 5.74) is 2.73. The smallest absolute Gasteiger partial charge is 0.101 e. The molecule has 0 unspecified atom stereocenters. The number of morpholine rings is 1. The van der Waals surface area contributed by atoms with Crippen LogP contribution < -0.4 is 4.90 Å². The maximum Gasteiger partial charge on any atom is 0.101 e. The van der Waals surface area contributed by atoms with Crippen molar-refractivity contribution in [2.45, 2.75) is 0 Å². The van der Waals surface area contributed by atoms with E-state index < -0.39 is 0 Å². The molecule has 1 aliphatic heterocycles. The molecule has 96 valence electrons. The van der Waals surface area contributed by atoms with Crippen molar-refractivity contribution in [3.63, 3.8) is 0 Å². The monoisotopic (exact) mass is 253 g/mol. The molecule has 0 bridgehead atoms. The highest BCUT2D eigenvalue weighted by Crippen LogP contribution is 2.24. The fourth-order valence-corrected chi connectivity index (χ4v) is 2.36. The number of nitriles is 1. The second-order valence-corrected chi connectivity index (χ2v) is 4.50. The number of hydrogen-bond donors (Lipinski definition) is 0. The number of anilines is 1. The Balaban J connectivity index is 1.96. The lowest BCUT2D eigenvalue weighted by Gasteiger charge is -2.29. The predicted octanol–water partition coefficient (Wildman–Crippen LogP) is 2.19. The summed E-state index contributed by atoms with van der Waals surface area (Å²) in [4.78, 5) is 2.21. The summed E-state index contributed by atoms with van der Waals surface area (Å²) in [6.07, 6.45) is 3.95. The summed E-state index contributed by atoms with van der Waals surface area (Å²) in [6.45, 7) is 3.14. The molecule has 0 aliphatic carbocycles. The zero-order valence-electron chi connectivity index (χ0n) is 10.6. The topological polar surface area (TPSA) is 41.2 Å². The van der Waals surface area contributed by atoms with Gasteiger partial charge < -0.3 is 14.2 Å². The van der Waals surface area contributed by atoms with Crippen LogP contribution in [-0.4, -0.2) is 30.9 Å². The first-order valence-corrected chi connectivity index (χ1v) is 6.39. The molecule has 1 fully saturated rings. The summed E-state index contributed by atoms with van der Waals surface area (Å²) < 4.78 is 7.35. The van der Waals surface area contributed by atoms with Crippen LogP contribution >= 0.6 is 0 Å². The van der Waals surface area contributed by atoms with Gasteiger partial charge in [-0.1, -0.05) is 0 Å². The Bertz CT molecular complexity index is 592. The van der Waals surface area contributed by atoms with Crippen LogP contribution in [-0.2, 0) is 4.74 Å². The van der Waals surface area contributed by atoms with Crippen LogP contribution in [0, 0.1) is 11.3 Å². The van der Waals surface area contributed by atoms with Gasteiger partial charge in [0.2, 0.25) is 0 Å². The van der Waals surface area contributed by atoms with E-state index in [-0.39, 0.29) is 0 Å². The van der Waals surface area contributed by atoms with Crippen LogP contribution in [0.25, 0.3) is 5.69 Å². The van der Waals surface area contributed by atoms with Crippen LogP contribution in [0.1, 0.15) is 5.56 Å². The van der Waals surface area contributed by atoms with E-state index in [2.05, 4.69) is 11.0 Å². The molecule has 2 aromatic rings. The van der Waals surface area contributed by atoms with Gasteiger partial charge in [0.05, 0.1) is 24.5 Å². The summed E-state index contributed by atoms with van der Waals surface area (Å²) in [6, 6.07) is 12.3. The Labute approximate surface area is 112 Å². The predicted molar refractivity (Wildman–Crippen MR) is 73.5 cm³/mol. The zero-order valence-corrected chi connectivity index (χ0v) is 10.6. The molecular weight excluding hydrogens is 238 g/mol. The van der Waals surface area contributed by atoms with Gasteiger partial charge in [-0.2, -0.15) is 5.26 Å². The van der Waals surface area contributed by atoms with Gasteiger partial charge in [0, 0.05) is 31.2 Å². The molecule has 3 rings (SSSR count). The normalized spacial score (nSPS) is 15.2. The quantitative estimate of drug-likeness (QED) is 0.823. The molecule has 4 nitrogen and oxygen atoms in total. The number of rotatable bonds is 2. The van der Waals surface area contributed by atoms with Gasteiger partial charge in [0.25, 0.3) is 0 Å². The van der Waals surface area contributed by atoms with Crippen molar-refractivity contribution in [3.8, 4) is 11.8 Å². The maximum absolute atomic E-state index is 9.35. The molecule has 1 aliphatic rings. The van der Waals surface area contributed by atoms with E-state index in [0.717, 1.165) is 37.7 Å². The molecule has 0 radical (unpaired) electrons. The van der Waals surface area contributed by atoms with E-state index >= 15 is 0 Å². The Kier molecular flexibility index (Phi) is 3.21. The summed E-state index contributed by atoms with van der Waals surface area (Å²) in [5.74, 6) is 0. The van der Waals surface area contributed by atoms with Crippen LogP contribution in [0.4, 0.5) is 5.69 Å². The van der Waals surface area contributed by atoms with Gasteiger partial charge in [0.1, 0.15) is 6.07 Å². The van der Waals surface area contributed by atoms with Gasteiger partial charge in [-0.05, 0) is 30.3 Å². The lowest BCUT2D eigenvalue weighted by Crippen LogP contribution is -2.36. The molecule has 0 saturated carbocycles. The molecule has 1 aromatic carbocycles. The molecule has 0 amide bonds. The van der Waals surface area contributed by atoms with Crippen molar-refractivity contribution in [1.29, 1.82) is 5.26 Å². The molecule has 1 saturated heterocycles. The van der Waals surface area contributed by atoms with Crippen molar-refractivity contribution in [1.82, 2.24) is 4.57 Å². The lowest BCUT2D eigenvalue weighted by molar-refractivity contribution is 0.122. The maximum atomic E-state index is 9.35. The van der Waals surface area contributed by atoms with Gasteiger partial charge in [-0.15, -0.1) is 0 Å². The Morgan fingerprint density at radius 1 is 1.11 bits per heavy atom. The van der Waals surface area contributed by atoms with Crippen LogP contribution in [0.5, 0.6) is 0 Å². The first kappa shape index (κ1) is 11.8. The van der Waals surface area contributed by atoms with E-state index in [1.807, 2.05) is 47.3 Å². The second kappa shape index (κ2) is 5.17. The lowest BCUT2D eigenvalue weighted by atomic mass is 10.1. The van der Waals surface area contributed by atoms with Crippen LogP contribution in [0.3, 0.4) is 0 Å². The highest BCUT2D eigenvalue weighted by Gasteiger charge is 2.15. The number of aromatic nitrogens is 1. The van der Waals surface area contributed by atoms with Crippen molar-refractivity contribution in [3.05, 3.63) is 48.3 Å². The van der Waals surface area contributed by atoms with Gasteiger partial charge in [0.15, 0.2) is 0 Å². The molecular formula is C15H15N3O. The number of nitrogens with zero attached hydrogens (tertiary/aromatic N) is 3. The Hall–Kier alpha value is -2.25. The average Bonchev–Trinajstić information content (AvgIpc) is 3.02. The summed E-state index contributed by atoms with van der Waals surface area (Å²) in [5, 5.41) is 9.35. The van der Waals surface area contributed by atoms with Crippen LogP contribution in [0.15, 0.2) is 42.7 Å². The minimum Gasteiger partial charge on any atom is -0.378 e. The van der Waals surface area contributed by atoms with Crippen LogP contribution in [0.2, 0.25) is 0 Å². The Morgan fingerprint density at radius 2 is 1.84 bits per heavy atom. The van der Waals surface area contributed by atoms with Crippen molar-refractivity contribution >= 4 is 5.69 Å². The molecule has 0 N–H and O–H groups in total. The van der Waals surface area contributed by atoms with E-state index in [1.54, 1.807) is 0 Å². The fraction of sp³-hybridized carbons (Fsp3) is 0.267. The fourth-order valence-electron chi connectivity index (χ4n) is 2.36. The molecule has 1 aromatic heterocycles. The molecule has 4 heteroatoms. The highest BCUT2D eigenvalue weighted by atomic mass is 16.5. The van der Waals surface area contributed by atoms with Crippen molar-refractivity contribution in [2.75, 3.05) is 31.2 Å². The van der Waals surface area contributed by atoms with Gasteiger partial charge in [-0.25, -0.2) is 0 Å². The van der Waals surface area contributed by atoms with E-state index in [4.69, 9.17) is 4.74 Å². The summed E-state index contributed by atoms with van der Waals surface area (Å²) in [7, 11) is 0. The minimum atomic E-state index is 0.716. The molecule has 2 heterocycles. The number of hydrogen-bond acceptors (Lipinski definition) is 3. The van der Waals surface area contributed by atoms with Gasteiger partial charge in [-0.3, -0.25) is 0 Å². The third-order valence-corrected chi connectivity index (χ3v) is 3.35. The standard InChI is InChI=1S/C15H15N3O/c16-12-13-11-14(17-5-1-2-6-17)3-4-15(13)18-7-9-19-10-8-18/h1-6,11H,7-10H2. The number of benzene rings is 1. The first-order chi connectivity index (χ1) is 9.38. The Morgan fingerprint density at radius 3 is 2.53 bits per heavy atom. The first-order valence-electron chi connectivity index (χ1n) is 6.39. The second-order valence-electron chi connectivity index (χ2n) is 4.50. The van der Waals surface area contributed by atoms with Gasteiger partial charge >= 0.3 is 0 Å². The molecule has 0 spiro atoms. The van der Waals surface area contributed by atoms with E-state index in [9.17, 15) is 5.26 Å². The molecule has 0 atom stereocenters. The molecule has 19 heavy (non-hydrogen) atoms. The number of ether oxygens (including phenoxy) is 1. The SMILES string of the molecule is N#Cc1cc(-n2cccc2)ccc1N1CCOCC1. The van der Waals surface area contributed by atoms with Crippen molar-refractivity contribution < 1.29 is 4.74 Å². The highest BCUT2D eigenvalue weighted by molar-refractivity contribution is 5.63. The van der Waals surface area contributed by atoms with Crippen molar-refractivity contribution in [2.24, 2.45) is 0 Å². The minimum absolute atomic E-state index is 0.716.